The minimum Gasteiger partial charge on any atom is -0.383 e. The Labute approximate surface area is 257 Å². The number of anilines is 1. The summed E-state index contributed by atoms with van der Waals surface area (Å²) in [5.41, 5.74) is 0.313. The third kappa shape index (κ3) is 8.70. The molecule has 3 aromatic rings. The third-order valence-electron chi connectivity index (χ3n) is 7.61. The van der Waals surface area contributed by atoms with Gasteiger partial charge >= 0.3 is 6.18 Å². The second kappa shape index (κ2) is 14.7. The van der Waals surface area contributed by atoms with Crippen LogP contribution in [0.25, 0.3) is 11.0 Å². The molecule has 14 heteroatoms. The Balaban J connectivity index is 1.57. The zero-order chi connectivity index (χ0) is 32.7. The number of hydrogen-bond acceptors (Lipinski definition) is 6. The highest BCUT2D eigenvalue weighted by Gasteiger charge is 2.31. The van der Waals surface area contributed by atoms with Gasteiger partial charge < -0.3 is 30.2 Å². The van der Waals surface area contributed by atoms with Gasteiger partial charge in [0.25, 0.3) is 18.2 Å². The Morgan fingerprint density at radius 2 is 1.96 bits per heavy atom. The number of carbonyl (C=O) groups excluding carboxylic acids is 2. The number of fused-ring (bicyclic) bond motifs is 1. The van der Waals surface area contributed by atoms with Gasteiger partial charge in [0.05, 0.1) is 30.6 Å². The summed E-state index contributed by atoms with van der Waals surface area (Å²) in [7, 11) is 3.03. The molecule has 242 valence electrons. The molecule has 0 spiro atoms. The van der Waals surface area contributed by atoms with Crippen molar-refractivity contribution in [3.63, 3.8) is 0 Å². The summed E-state index contributed by atoms with van der Waals surface area (Å²) in [6.07, 6.45) is -5.65. The highest BCUT2D eigenvalue weighted by Crippen LogP contribution is 2.29. The number of aromatic nitrogens is 2. The zero-order valence-corrected chi connectivity index (χ0v) is 25.1. The molecule has 2 amide bonds. The molecule has 1 saturated heterocycles. The van der Waals surface area contributed by atoms with Gasteiger partial charge in [0, 0.05) is 62.2 Å². The van der Waals surface area contributed by atoms with E-state index in [2.05, 4.69) is 37.7 Å². The van der Waals surface area contributed by atoms with E-state index in [9.17, 15) is 31.5 Å². The number of imidazole rings is 1. The van der Waals surface area contributed by atoms with E-state index in [1.54, 1.807) is 7.11 Å². The second-order valence-corrected chi connectivity index (χ2v) is 10.9. The number of benzene rings is 2. The molecule has 0 bridgehead atoms. The van der Waals surface area contributed by atoms with E-state index in [0.29, 0.717) is 13.0 Å². The Morgan fingerprint density at radius 3 is 2.62 bits per heavy atom. The lowest BCUT2D eigenvalue weighted by molar-refractivity contribution is -0.140. The first kappa shape index (κ1) is 33.7. The van der Waals surface area contributed by atoms with Crippen LogP contribution in [0.5, 0.6) is 0 Å². The molecule has 2 aromatic carbocycles. The number of piperidine rings is 1. The van der Waals surface area contributed by atoms with E-state index in [0.717, 1.165) is 36.6 Å². The van der Waals surface area contributed by atoms with Crippen molar-refractivity contribution in [2.45, 2.75) is 38.5 Å². The Morgan fingerprint density at radius 1 is 1.18 bits per heavy atom. The molecule has 1 aromatic heterocycles. The molecule has 0 aliphatic carbocycles. The lowest BCUT2D eigenvalue weighted by atomic mass is 9.93. The molecule has 9 nitrogen and oxygen atoms in total. The maximum atomic E-state index is 13.7. The number of nitrogens with one attached hydrogen (secondary N) is 3. The van der Waals surface area contributed by atoms with Gasteiger partial charge in [-0.1, -0.05) is 18.8 Å². The second-order valence-electron chi connectivity index (χ2n) is 10.9. The summed E-state index contributed by atoms with van der Waals surface area (Å²) >= 11 is 0. The topological polar surface area (TPSA) is 101 Å². The molecular weight excluding hydrogens is 599 g/mol. The number of ether oxygens (including phenoxy) is 1. The van der Waals surface area contributed by atoms with E-state index < -0.39 is 31.0 Å². The van der Waals surface area contributed by atoms with E-state index in [4.69, 9.17) is 4.74 Å². The molecule has 2 heterocycles. The number of alkyl halides is 5. The van der Waals surface area contributed by atoms with Crippen LogP contribution in [0.2, 0.25) is 0 Å². The first-order chi connectivity index (χ1) is 21.4. The van der Waals surface area contributed by atoms with Crippen molar-refractivity contribution in [1.29, 1.82) is 0 Å². The molecule has 45 heavy (non-hydrogen) atoms. The smallest absolute Gasteiger partial charge is 0.383 e. The summed E-state index contributed by atoms with van der Waals surface area (Å²) in [6.45, 7) is 3.51. The standard InChI is InChI=1S/C31H35F5N6O3/c1-19-16-41(11-12-45-3)10-8-24(19)40-30(44)23-13-20(14-26-27(23)39-18-42(26)17-31(34,35)36)5-4-9-38-25-7-6-21(29(43)37-2)15-22(25)28(32)33/h6-7,13-15,18-19,24,28,38H,8-12,16-17H2,1-3H3,(H,37,43)(H,40,44)/t19-,24-/m0/s1. The number of hydrogen-bond donors (Lipinski definition) is 3. The number of rotatable bonds is 10. The van der Waals surface area contributed by atoms with Gasteiger partial charge in [-0.3, -0.25) is 9.59 Å². The Bertz CT molecular complexity index is 1580. The van der Waals surface area contributed by atoms with Gasteiger partial charge in [0.1, 0.15) is 12.1 Å². The van der Waals surface area contributed by atoms with Gasteiger partial charge in [0.15, 0.2) is 0 Å². The van der Waals surface area contributed by atoms with E-state index >= 15 is 0 Å². The number of carbonyl (C=O) groups is 2. The molecule has 1 aliphatic heterocycles. The fourth-order valence-corrected chi connectivity index (χ4v) is 5.32. The molecule has 2 atom stereocenters. The molecule has 1 fully saturated rings. The number of methoxy groups -OCH3 is 1. The van der Waals surface area contributed by atoms with Crippen LogP contribution in [-0.2, 0) is 11.3 Å². The zero-order valence-electron chi connectivity index (χ0n) is 25.1. The lowest BCUT2D eigenvalue weighted by Crippen LogP contribution is -2.50. The van der Waals surface area contributed by atoms with Crippen molar-refractivity contribution >= 4 is 28.5 Å². The fraction of sp³-hybridized carbons (Fsp3) is 0.452. The van der Waals surface area contributed by atoms with E-state index in [1.165, 1.54) is 31.3 Å². The van der Waals surface area contributed by atoms with Crippen molar-refractivity contribution in [1.82, 2.24) is 25.1 Å². The van der Waals surface area contributed by atoms with Crippen LogP contribution in [0.15, 0.2) is 36.7 Å². The molecule has 0 saturated carbocycles. The molecular formula is C31H35F5N6O3. The van der Waals surface area contributed by atoms with Crippen LogP contribution in [0.3, 0.4) is 0 Å². The molecule has 3 N–H and O–H groups in total. The summed E-state index contributed by atoms with van der Waals surface area (Å²) < 4.78 is 73.3. The van der Waals surface area contributed by atoms with Crippen molar-refractivity contribution in [3.05, 3.63) is 58.9 Å². The number of halogens is 5. The van der Waals surface area contributed by atoms with Crippen LogP contribution in [0, 0.1) is 17.8 Å². The molecule has 4 rings (SSSR count). The first-order valence-electron chi connectivity index (χ1n) is 14.3. The summed E-state index contributed by atoms with van der Waals surface area (Å²) in [4.78, 5) is 31.7. The fourth-order valence-electron chi connectivity index (χ4n) is 5.32. The van der Waals surface area contributed by atoms with Gasteiger partial charge in [-0.25, -0.2) is 13.8 Å². The monoisotopic (exact) mass is 634 g/mol. The average molecular weight is 635 g/mol. The van der Waals surface area contributed by atoms with Gasteiger partial charge in [-0.2, -0.15) is 13.2 Å². The van der Waals surface area contributed by atoms with Gasteiger partial charge in [-0.05, 0) is 42.7 Å². The van der Waals surface area contributed by atoms with Gasteiger partial charge in [0.2, 0.25) is 0 Å². The van der Waals surface area contributed by atoms with E-state index in [1.807, 2.05) is 6.92 Å². The maximum absolute atomic E-state index is 13.7. The van der Waals surface area contributed by atoms with Crippen molar-refractivity contribution in [2.24, 2.45) is 5.92 Å². The van der Waals surface area contributed by atoms with Crippen molar-refractivity contribution in [3.8, 4) is 11.8 Å². The largest absolute Gasteiger partial charge is 0.406 e. The van der Waals surface area contributed by atoms with Crippen LogP contribution < -0.4 is 16.0 Å². The number of amides is 2. The SMILES string of the molecule is CNC(=O)c1ccc(NCC#Cc2cc(C(=O)N[C@H]3CCN(CCOC)C[C@@H]3C)c3ncn(CC(F)(F)F)c3c2)c(C(F)F)c1. The summed E-state index contributed by atoms with van der Waals surface area (Å²) in [5.74, 6) is 4.74. The highest BCUT2D eigenvalue weighted by atomic mass is 19.4. The average Bonchev–Trinajstić information content (AvgIpc) is 3.39. The quantitative estimate of drug-likeness (QED) is 0.225. The minimum absolute atomic E-state index is 0.0741. The molecule has 0 radical (unpaired) electrons. The van der Waals surface area contributed by atoms with E-state index in [-0.39, 0.29) is 57.5 Å². The summed E-state index contributed by atoms with van der Waals surface area (Å²) in [6, 6.07) is 6.56. The number of likely N-dealkylation sites (tertiary alicyclic amines) is 1. The lowest BCUT2D eigenvalue weighted by Gasteiger charge is -2.37. The molecule has 0 unspecified atom stereocenters. The van der Waals surface area contributed by atoms with Crippen molar-refractivity contribution < 1.29 is 36.3 Å². The maximum Gasteiger partial charge on any atom is 0.406 e. The van der Waals surface area contributed by atoms with Gasteiger partial charge in [-0.15, -0.1) is 0 Å². The third-order valence-corrected chi connectivity index (χ3v) is 7.61. The van der Waals surface area contributed by atoms with Crippen LogP contribution >= 0.6 is 0 Å². The predicted molar refractivity (Wildman–Crippen MR) is 159 cm³/mol. The summed E-state index contributed by atoms with van der Waals surface area (Å²) in [5, 5.41) is 8.21. The molecule has 1 aliphatic rings. The Kier molecular flexibility index (Phi) is 11.0. The predicted octanol–water partition coefficient (Wildman–Crippen LogP) is 4.45. The van der Waals surface area contributed by atoms with Crippen molar-refractivity contribution in [2.75, 3.05) is 52.3 Å². The number of nitrogens with zero attached hydrogens (tertiary/aromatic N) is 3. The minimum atomic E-state index is -4.52. The highest BCUT2D eigenvalue weighted by molar-refractivity contribution is 6.05. The van der Waals surface area contributed by atoms with Crippen LogP contribution in [0.1, 0.15) is 51.6 Å². The first-order valence-corrected chi connectivity index (χ1v) is 14.3. The normalized spacial score (nSPS) is 17.2. The Hall–Kier alpha value is -4.22. The van der Waals surface area contributed by atoms with Crippen LogP contribution in [0.4, 0.5) is 27.6 Å². The van der Waals surface area contributed by atoms with Crippen LogP contribution in [-0.4, -0.2) is 85.4 Å².